The lowest BCUT2D eigenvalue weighted by molar-refractivity contribution is -0.0289. The molecule has 0 aromatic heterocycles. The van der Waals surface area contributed by atoms with E-state index in [0.717, 1.165) is 5.75 Å². The van der Waals surface area contributed by atoms with Gasteiger partial charge in [-0.3, -0.25) is 0 Å². The van der Waals surface area contributed by atoms with Crippen molar-refractivity contribution in [2.24, 2.45) is 0 Å². The first-order chi connectivity index (χ1) is 23.8. The van der Waals surface area contributed by atoms with E-state index in [1.54, 1.807) is 7.11 Å². The van der Waals surface area contributed by atoms with Crippen molar-refractivity contribution in [3.63, 3.8) is 0 Å². The van der Waals surface area contributed by atoms with Crippen LogP contribution in [-0.4, -0.2) is 179 Å². The molecule has 0 amide bonds. The molecule has 14 nitrogen and oxygen atoms in total. The molecule has 0 aliphatic heterocycles. The molecule has 282 valence electrons. The third kappa shape index (κ3) is 35.1. The molecule has 0 saturated heterocycles. The predicted octanol–water partition coefficient (Wildman–Crippen LogP) is 2.52. The van der Waals surface area contributed by atoms with Gasteiger partial charge in [0.2, 0.25) is 0 Å². The Labute approximate surface area is 300 Å². The summed E-state index contributed by atoms with van der Waals surface area (Å²) in [6.07, 6.45) is 0. The number of methoxy groups -OCH3 is 1. The Morgan fingerprint density at radius 1 is 0.312 bits per heavy atom. The second-order valence-electron chi connectivity index (χ2n) is 9.64. The summed E-state index contributed by atoms with van der Waals surface area (Å²) >= 11 is 2.26. The molecular formula is C33H59IO14. The summed E-state index contributed by atoms with van der Waals surface area (Å²) in [6.45, 7) is 13.6. The van der Waals surface area contributed by atoms with Gasteiger partial charge in [0.15, 0.2) is 0 Å². The maximum absolute atomic E-state index is 5.60. The van der Waals surface area contributed by atoms with Crippen LogP contribution < -0.4 is 4.74 Å². The van der Waals surface area contributed by atoms with Crippen molar-refractivity contribution in [3.8, 4) is 5.75 Å². The van der Waals surface area contributed by atoms with E-state index >= 15 is 0 Å². The van der Waals surface area contributed by atoms with E-state index in [-0.39, 0.29) is 0 Å². The summed E-state index contributed by atoms with van der Waals surface area (Å²) in [5.41, 5.74) is 0. The Morgan fingerprint density at radius 3 is 0.750 bits per heavy atom. The smallest absolute Gasteiger partial charge is 0.119 e. The second kappa shape index (κ2) is 39.0. The molecular weight excluding hydrogens is 747 g/mol. The quantitative estimate of drug-likeness (QED) is 0.0712. The topological polar surface area (TPSA) is 129 Å². The molecule has 0 aliphatic carbocycles. The van der Waals surface area contributed by atoms with Crippen molar-refractivity contribution >= 4 is 22.6 Å². The predicted molar refractivity (Wildman–Crippen MR) is 186 cm³/mol. The normalized spacial score (nSPS) is 11.5. The van der Waals surface area contributed by atoms with Gasteiger partial charge in [0.25, 0.3) is 0 Å². The van der Waals surface area contributed by atoms with Crippen LogP contribution in [-0.2, 0) is 61.6 Å². The Hall–Kier alpha value is -0.770. The molecule has 0 radical (unpaired) electrons. The number of hydrogen-bond donors (Lipinski definition) is 0. The summed E-state index contributed by atoms with van der Waals surface area (Å²) in [4.78, 5) is 0. The Kier molecular flexibility index (Phi) is 36.8. The molecule has 0 N–H and O–H groups in total. The first-order valence-electron chi connectivity index (χ1n) is 16.6. The first-order valence-corrected chi connectivity index (χ1v) is 17.7. The number of halogens is 1. The van der Waals surface area contributed by atoms with Gasteiger partial charge in [-0.1, -0.05) is 0 Å². The average Bonchev–Trinajstić information content (AvgIpc) is 3.10. The first kappa shape index (κ1) is 45.3. The summed E-state index contributed by atoms with van der Waals surface area (Å²) in [7, 11) is 1.65. The zero-order valence-corrected chi connectivity index (χ0v) is 30.9. The lowest BCUT2D eigenvalue weighted by Crippen LogP contribution is -2.15. The SMILES string of the molecule is COCCOCCOCCOCCOCCOCCOCCOCCOCCOCCOCCOCCOCCOc1ccc(I)cc1. The number of hydrogen-bond acceptors (Lipinski definition) is 14. The van der Waals surface area contributed by atoms with Crippen molar-refractivity contribution in [1.82, 2.24) is 0 Å². The molecule has 48 heavy (non-hydrogen) atoms. The van der Waals surface area contributed by atoms with Crippen molar-refractivity contribution in [2.45, 2.75) is 0 Å². The van der Waals surface area contributed by atoms with Gasteiger partial charge >= 0.3 is 0 Å². The number of benzene rings is 1. The maximum Gasteiger partial charge on any atom is 0.119 e. The molecule has 1 aromatic rings. The van der Waals surface area contributed by atoms with E-state index in [2.05, 4.69) is 22.6 Å². The summed E-state index contributed by atoms with van der Waals surface area (Å²) in [6, 6.07) is 7.91. The summed E-state index contributed by atoms with van der Waals surface area (Å²) < 4.78 is 77.2. The fourth-order valence-corrected chi connectivity index (χ4v) is 3.77. The Bertz CT molecular complexity index is 750. The van der Waals surface area contributed by atoms with Crippen molar-refractivity contribution in [2.75, 3.05) is 179 Å². The third-order valence-corrected chi connectivity index (χ3v) is 6.55. The molecule has 0 aliphatic rings. The van der Waals surface area contributed by atoms with Gasteiger partial charge in [0, 0.05) is 10.7 Å². The van der Waals surface area contributed by atoms with Crippen LogP contribution in [0.15, 0.2) is 24.3 Å². The van der Waals surface area contributed by atoms with Gasteiger partial charge in [-0.2, -0.15) is 0 Å². The molecule has 0 saturated carbocycles. The fraction of sp³-hybridized carbons (Fsp3) is 0.818. The fourth-order valence-electron chi connectivity index (χ4n) is 3.41. The molecule has 15 heteroatoms. The molecule has 1 rings (SSSR count). The largest absolute Gasteiger partial charge is 0.491 e. The third-order valence-electron chi connectivity index (χ3n) is 5.83. The highest BCUT2D eigenvalue weighted by atomic mass is 127. The highest BCUT2D eigenvalue weighted by molar-refractivity contribution is 14.1. The van der Waals surface area contributed by atoms with Gasteiger partial charge < -0.3 is 66.3 Å². The highest BCUT2D eigenvalue weighted by Gasteiger charge is 1.98. The van der Waals surface area contributed by atoms with Crippen LogP contribution in [0.25, 0.3) is 0 Å². The average molecular weight is 807 g/mol. The van der Waals surface area contributed by atoms with Gasteiger partial charge in [-0.25, -0.2) is 0 Å². The van der Waals surface area contributed by atoms with Crippen LogP contribution in [0.4, 0.5) is 0 Å². The van der Waals surface area contributed by atoms with Crippen LogP contribution in [0.3, 0.4) is 0 Å². The Balaban J connectivity index is 1.61. The van der Waals surface area contributed by atoms with Gasteiger partial charge in [0.1, 0.15) is 12.4 Å². The van der Waals surface area contributed by atoms with E-state index < -0.39 is 0 Å². The zero-order valence-electron chi connectivity index (χ0n) is 28.8. The summed E-state index contributed by atoms with van der Waals surface area (Å²) in [5, 5.41) is 0. The van der Waals surface area contributed by atoms with E-state index in [1.165, 1.54) is 3.57 Å². The van der Waals surface area contributed by atoms with E-state index in [9.17, 15) is 0 Å². The maximum atomic E-state index is 5.60. The van der Waals surface area contributed by atoms with Gasteiger partial charge in [-0.15, -0.1) is 0 Å². The minimum Gasteiger partial charge on any atom is -0.491 e. The second-order valence-corrected chi connectivity index (χ2v) is 10.9. The van der Waals surface area contributed by atoms with E-state index in [0.29, 0.717) is 172 Å². The minimum absolute atomic E-state index is 0.507. The van der Waals surface area contributed by atoms with Crippen molar-refractivity contribution in [1.29, 1.82) is 0 Å². The zero-order chi connectivity index (χ0) is 34.3. The molecule has 0 fully saturated rings. The monoisotopic (exact) mass is 806 g/mol. The van der Waals surface area contributed by atoms with Gasteiger partial charge in [0.05, 0.1) is 165 Å². The van der Waals surface area contributed by atoms with Crippen LogP contribution in [0, 0.1) is 3.57 Å². The van der Waals surface area contributed by atoms with Crippen LogP contribution in [0.2, 0.25) is 0 Å². The Morgan fingerprint density at radius 2 is 0.521 bits per heavy atom. The summed E-state index contributed by atoms with van der Waals surface area (Å²) in [5.74, 6) is 0.846. The number of ether oxygens (including phenoxy) is 14. The molecule has 0 heterocycles. The van der Waals surface area contributed by atoms with Crippen LogP contribution in [0.5, 0.6) is 5.75 Å². The van der Waals surface area contributed by atoms with E-state index in [4.69, 9.17) is 66.3 Å². The van der Waals surface area contributed by atoms with Crippen molar-refractivity contribution in [3.05, 3.63) is 27.8 Å². The van der Waals surface area contributed by atoms with Gasteiger partial charge in [-0.05, 0) is 46.9 Å². The number of rotatable bonds is 40. The molecule has 0 bridgehead atoms. The molecule has 0 atom stereocenters. The molecule has 1 aromatic carbocycles. The highest BCUT2D eigenvalue weighted by Crippen LogP contribution is 2.13. The standard InChI is InChI=1S/C33H59IO14/c1-35-6-7-36-8-9-37-10-11-38-12-13-39-14-15-40-16-17-41-18-19-42-20-21-43-22-23-44-24-25-45-26-27-46-28-29-47-30-31-48-33-4-2-32(34)3-5-33/h2-5H,6-31H2,1H3. The molecule has 0 unspecified atom stereocenters. The minimum atomic E-state index is 0.507. The van der Waals surface area contributed by atoms with Crippen LogP contribution >= 0.6 is 22.6 Å². The van der Waals surface area contributed by atoms with Crippen LogP contribution in [0.1, 0.15) is 0 Å². The van der Waals surface area contributed by atoms with E-state index in [1.807, 2.05) is 24.3 Å². The molecule has 0 spiro atoms. The lowest BCUT2D eigenvalue weighted by Gasteiger charge is -2.09. The van der Waals surface area contributed by atoms with Crippen molar-refractivity contribution < 1.29 is 66.3 Å². The lowest BCUT2D eigenvalue weighted by atomic mass is 10.3.